The maximum absolute atomic E-state index is 12.5. The van der Waals surface area contributed by atoms with Gasteiger partial charge in [-0.25, -0.2) is 0 Å². The average Bonchev–Trinajstić information content (AvgIpc) is 3.01. The minimum atomic E-state index is -0.0554. The molecule has 2 atom stereocenters. The van der Waals surface area contributed by atoms with E-state index in [1.54, 1.807) is 6.07 Å². The summed E-state index contributed by atoms with van der Waals surface area (Å²) in [6.07, 6.45) is 6.05. The molecular weight excluding hydrogens is 266 g/mol. The summed E-state index contributed by atoms with van der Waals surface area (Å²) >= 11 is 0. The molecule has 1 amide bonds. The van der Waals surface area contributed by atoms with Gasteiger partial charge in [0.1, 0.15) is 6.33 Å². The van der Waals surface area contributed by atoms with Crippen molar-refractivity contribution in [3.63, 3.8) is 0 Å². The van der Waals surface area contributed by atoms with Crippen LogP contribution in [-0.2, 0) is 0 Å². The Labute approximate surface area is 123 Å². The lowest BCUT2D eigenvalue weighted by atomic mass is 9.87. The van der Waals surface area contributed by atoms with Crippen molar-refractivity contribution in [2.75, 3.05) is 0 Å². The molecule has 1 N–H and O–H groups in total. The van der Waals surface area contributed by atoms with Gasteiger partial charge < -0.3 is 5.32 Å². The van der Waals surface area contributed by atoms with Crippen LogP contribution in [0.2, 0.25) is 0 Å². The van der Waals surface area contributed by atoms with Crippen LogP contribution in [0.4, 0.5) is 0 Å². The predicted octanol–water partition coefficient (Wildman–Crippen LogP) is 1.97. The molecule has 0 radical (unpaired) electrons. The van der Waals surface area contributed by atoms with Gasteiger partial charge in [-0.2, -0.15) is 4.68 Å². The fourth-order valence-corrected chi connectivity index (χ4v) is 2.97. The van der Waals surface area contributed by atoms with Crippen molar-refractivity contribution in [3.8, 4) is 5.69 Å². The highest BCUT2D eigenvalue weighted by atomic mass is 16.1. The zero-order valence-corrected chi connectivity index (χ0v) is 12.1. The molecule has 1 aromatic heterocycles. The number of carbonyl (C=O) groups excluding carboxylic acids is 1. The minimum absolute atomic E-state index is 0.0554. The topological polar surface area (TPSA) is 72.7 Å². The summed E-state index contributed by atoms with van der Waals surface area (Å²) in [6, 6.07) is 7.64. The third-order valence-electron chi connectivity index (χ3n) is 4.02. The highest BCUT2D eigenvalue weighted by Crippen LogP contribution is 2.24. The molecule has 2 aromatic rings. The fraction of sp³-hybridized carbons (Fsp3) is 0.467. The number of para-hydroxylation sites is 1. The second-order valence-corrected chi connectivity index (χ2v) is 5.71. The lowest BCUT2D eigenvalue weighted by Crippen LogP contribution is -2.38. The number of hydrogen-bond donors (Lipinski definition) is 1. The molecule has 1 heterocycles. The maximum Gasteiger partial charge on any atom is 0.253 e. The first-order valence-corrected chi connectivity index (χ1v) is 7.37. The third kappa shape index (κ3) is 3.09. The lowest BCUT2D eigenvalue weighted by molar-refractivity contribution is 0.0921. The number of tetrazole rings is 1. The molecule has 0 aliphatic heterocycles. The number of rotatable bonds is 3. The van der Waals surface area contributed by atoms with E-state index in [1.807, 2.05) is 18.2 Å². The van der Waals surface area contributed by atoms with Crippen LogP contribution in [0.1, 0.15) is 43.0 Å². The van der Waals surface area contributed by atoms with E-state index in [-0.39, 0.29) is 11.9 Å². The van der Waals surface area contributed by atoms with Crippen molar-refractivity contribution in [1.29, 1.82) is 0 Å². The molecule has 1 fully saturated rings. The zero-order valence-electron chi connectivity index (χ0n) is 12.1. The second-order valence-electron chi connectivity index (χ2n) is 5.71. The molecule has 6 nitrogen and oxygen atoms in total. The normalized spacial score (nSPS) is 22.0. The number of aromatic nitrogens is 4. The van der Waals surface area contributed by atoms with Gasteiger partial charge in [-0.05, 0) is 41.3 Å². The second kappa shape index (κ2) is 6.03. The van der Waals surface area contributed by atoms with E-state index >= 15 is 0 Å². The number of benzene rings is 1. The molecule has 110 valence electrons. The number of nitrogens with one attached hydrogen (secondary N) is 1. The van der Waals surface area contributed by atoms with E-state index in [1.165, 1.54) is 23.9 Å². The van der Waals surface area contributed by atoms with Gasteiger partial charge in [0.15, 0.2) is 0 Å². The van der Waals surface area contributed by atoms with Crippen molar-refractivity contribution in [2.24, 2.45) is 5.92 Å². The molecule has 1 aliphatic carbocycles. The summed E-state index contributed by atoms with van der Waals surface area (Å²) in [5.41, 5.74) is 1.30. The molecule has 0 saturated heterocycles. The maximum atomic E-state index is 12.5. The molecule has 3 rings (SSSR count). The predicted molar refractivity (Wildman–Crippen MR) is 78.0 cm³/mol. The van der Waals surface area contributed by atoms with Crippen molar-refractivity contribution < 1.29 is 4.79 Å². The quantitative estimate of drug-likeness (QED) is 0.935. The molecule has 0 spiro atoms. The smallest absolute Gasteiger partial charge is 0.253 e. The first-order valence-electron chi connectivity index (χ1n) is 7.37. The third-order valence-corrected chi connectivity index (χ3v) is 4.02. The van der Waals surface area contributed by atoms with Gasteiger partial charge in [0.25, 0.3) is 5.91 Å². The molecule has 0 bridgehead atoms. The van der Waals surface area contributed by atoms with Crippen LogP contribution in [0.5, 0.6) is 0 Å². The average molecular weight is 285 g/mol. The van der Waals surface area contributed by atoms with Gasteiger partial charge in [-0.1, -0.05) is 31.9 Å². The van der Waals surface area contributed by atoms with Crippen LogP contribution in [0, 0.1) is 5.92 Å². The Morgan fingerprint density at radius 2 is 2.19 bits per heavy atom. The van der Waals surface area contributed by atoms with E-state index in [9.17, 15) is 4.79 Å². The first-order chi connectivity index (χ1) is 10.2. The van der Waals surface area contributed by atoms with Crippen LogP contribution in [-0.4, -0.2) is 32.2 Å². The van der Waals surface area contributed by atoms with Crippen molar-refractivity contribution in [3.05, 3.63) is 36.2 Å². The van der Waals surface area contributed by atoms with Gasteiger partial charge in [-0.3, -0.25) is 4.79 Å². The van der Waals surface area contributed by atoms with E-state index in [0.717, 1.165) is 12.8 Å². The molecule has 21 heavy (non-hydrogen) atoms. The Hall–Kier alpha value is -2.24. The molecule has 1 aliphatic rings. The Bertz CT molecular complexity index is 610. The van der Waals surface area contributed by atoms with Crippen molar-refractivity contribution in [1.82, 2.24) is 25.5 Å². The van der Waals surface area contributed by atoms with Gasteiger partial charge in [0, 0.05) is 6.04 Å². The SMILES string of the molecule is CC1CCCC(NC(=O)c2ccccc2-n2cnnn2)C1. The monoisotopic (exact) mass is 285 g/mol. The summed E-state index contributed by atoms with van der Waals surface area (Å²) in [7, 11) is 0. The van der Waals surface area contributed by atoms with Crippen LogP contribution in [0.3, 0.4) is 0 Å². The standard InChI is InChI=1S/C15H19N5O/c1-11-5-4-6-12(9-11)17-15(21)13-7-2-3-8-14(13)20-10-16-18-19-20/h2-3,7-8,10-12H,4-6,9H2,1H3,(H,17,21). The van der Waals surface area contributed by atoms with Crippen LogP contribution in [0.15, 0.2) is 30.6 Å². The van der Waals surface area contributed by atoms with Crippen molar-refractivity contribution in [2.45, 2.75) is 38.6 Å². The molecule has 2 unspecified atom stereocenters. The fourth-order valence-electron chi connectivity index (χ4n) is 2.97. The highest BCUT2D eigenvalue weighted by molar-refractivity contribution is 5.97. The number of carbonyl (C=O) groups is 1. The van der Waals surface area contributed by atoms with E-state index in [0.29, 0.717) is 17.2 Å². The molecule has 1 saturated carbocycles. The van der Waals surface area contributed by atoms with Gasteiger partial charge in [0.05, 0.1) is 11.3 Å². The summed E-state index contributed by atoms with van der Waals surface area (Å²) in [6.45, 7) is 2.24. The zero-order chi connectivity index (χ0) is 14.7. The van der Waals surface area contributed by atoms with Crippen LogP contribution in [0.25, 0.3) is 5.69 Å². The van der Waals surface area contributed by atoms with Crippen LogP contribution < -0.4 is 5.32 Å². The summed E-state index contributed by atoms with van der Waals surface area (Å²) in [5.74, 6) is 0.624. The molecule has 1 aromatic carbocycles. The Morgan fingerprint density at radius 3 is 2.95 bits per heavy atom. The van der Waals surface area contributed by atoms with E-state index < -0.39 is 0 Å². The summed E-state index contributed by atoms with van der Waals surface area (Å²) < 4.78 is 1.51. The summed E-state index contributed by atoms with van der Waals surface area (Å²) in [5, 5.41) is 14.3. The minimum Gasteiger partial charge on any atom is -0.349 e. The number of hydrogen-bond acceptors (Lipinski definition) is 4. The molecular formula is C15H19N5O. The number of amides is 1. The Morgan fingerprint density at radius 1 is 1.33 bits per heavy atom. The molecule has 6 heteroatoms. The van der Waals surface area contributed by atoms with Gasteiger partial charge in [-0.15, -0.1) is 5.10 Å². The van der Waals surface area contributed by atoms with Crippen molar-refractivity contribution >= 4 is 5.91 Å². The number of nitrogens with zero attached hydrogens (tertiary/aromatic N) is 4. The van der Waals surface area contributed by atoms with Gasteiger partial charge >= 0.3 is 0 Å². The Kier molecular flexibility index (Phi) is 3.94. The van der Waals surface area contributed by atoms with E-state index in [2.05, 4.69) is 27.8 Å². The van der Waals surface area contributed by atoms with E-state index in [4.69, 9.17) is 0 Å². The Balaban J connectivity index is 1.79. The van der Waals surface area contributed by atoms with Crippen LogP contribution >= 0.6 is 0 Å². The first kappa shape index (κ1) is 13.7. The lowest BCUT2D eigenvalue weighted by Gasteiger charge is -2.27. The highest BCUT2D eigenvalue weighted by Gasteiger charge is 2.22. The van der Waals surface area contributed by atoms with Gasteiger partial charge in [0.2, 0.25) is 0 Å². The summed E-state index contributed by atoms with van der Waals surface area (Å²) in [4.78, 5) is 12.5. The largest absolute Gasteiger partial charge is 0.349 e.